The zero-order chi connectivity index (χ0) is 15.6. The highest BCUT2D eigenvalue weighted by Gasteiger charge is 2.23. The molecule has 1 fully saturated rings. The van der Waals surface area contributed by atoms with E-state index in [9.17, 15) is 12.8 Å². The number of para-hydroxylation sites is 1. The summed E-state index contributed by atoms with van der Waals surface area (Å²) in [5.41, 5.74) is 0.214. The van der Waals surface area contributed by atoms with Gasteiger partial charge in [-0.1, -0.05) is 12.1 Å². The van der Waals surface area contributed by atoms with E-state index >= 15 is 0 Å². The molecule has 0 amide bonds. The van der Waals surface area contributed by atoms with Gasteiger partial charge in [0.15, 0.2) is 0 Å². The highest BCUT2D eigenvalue weighted by atomic mass is 32.2. The number of nitrogens with one attached hydrogen (secondary N) is 2. The second-order valence-electron chi connectivity index (χ2n) is 5.22. The van der Waals surface area contributed by atoms with E-state index in [2.05, 4.69) is 15.1 Å². The molecule has 0 radical (unpaired) electrons. The number of benzene rings is 1. The van der Waals surface area contributed by atoms with Crippen molar-refractivity contribution in [2.45, 2.75) is 23.8 Å². The van der Waals surface area contributed by atoms with Crippen LogP contribution in [0, 0.1) is 5.82 Å². The van der Waals surface area contributed by atoms with E-state index in [4.69, 9.17) is 0 Å². The van der Waals surface area contributed by atoms with Crippen molar-refractivity contribution in [2.75, 3.05) is 13.1 Å². The topological polar surface area (TPSA) is 76.0 Å². The van der Waals surface area contributed by atoms with E-state index < -0.39 is 15.8 Å². The highest BCUT2D eigenvalue weighted by Crippen LogP contribution is 2.16. The third kappa shape index (κ3) is 3.18. The highest BCUT2D eigenvalue weighted by molar-refractivity contribution is 7.89. The maximum Gasteiger partial charge on any atom is 0.243 e. The van der Waals surface area contributed by atoms with Crippen LogP contribution in [0.2, 0.25) is 0 Å². The molecule has 1 saturated heterocycles. The molecule has 8 heteroatoms. The zero-order valence-corrected chi connectivity index (χ0v) is 12.7. The Labute approximate surface area is 128 Å². The summed E-state index contributed by atoms with van der Waals surface area (Å²) in [4.78, 5) is 0.0364. The molecule has 6 nitrogen and oxygen atoms in total. The number of rotatable bonds is 4. The SMILES string of the molecule is O=S(=O)(NC1CCNCC1)c1cnn(-c2ccccc2F)c1. The summed E-state index contributed by atoms with van der Waals surface area (Å²) in [6, 6.07) is 6.00. The van der Waals surface area contributed by atoms with E-state index in [1.807, 2.05) is 0 Å². The normalized spacial score (nSPS) is 16.8. The van der Waals surface area contributed by atoms with E-state index in [0.717, 1.165) is 25.9 Å². The Morgan fingerprint density at radius 3 is 2.73 bits per heavy atom. The van der Waals surface area contributed by atoms with E-state index in [-0.39, 0.29) is 16.6 Å². The fraction of sp³-hybridized carbons (Fsp3) is 0.357. The van der Waals surface area contributed by atoms with Crippen LogP contribution in [0.15, 0.2) is 41.6 Å². The van der Waals surface area contributed by atoms with Gasteiger partial charge in [-0.3, -0.25) is 0 Å². The van der Waals surface area contributed by atoms with E-state index in [1.165, 1.54) is 23.1 Å². The van der Waals surface area contributed by atoms with Crippen molar-refractivity contribution in [3.8, 4) is 5.69 Å². The van der Waals surface area contributed by atoms with Crippen LogP contribution in [0.5, 0.6) is 0 Å². The standard InChI is InChI=1S/C14H17FN4O2S/c15-13-3-1-2-4-14(13)19-10-12(9-17-19)22(20,21)18-11-5-7-16-8-6-11/h1-4,9-11,16,18H,5-8H2. The fourth-order valence-electron chi connectivity index (χ4n) is 2.44. The first-order chi connectivity index (χ1) is 10.6. The minimum Gasteiger partial charge on any atom is -0.317 e. The monoisotopic (exact) mass is 324 g/mol. The van der Waals surface area contributed by atoms with Crippen molar-refractivity contribution in [1.82, 2.24) is 19.8 Å². The lowest BCUT2D eigenvalue weighted by atomic mass is 10.1. The molecule has 2 aromatic rings. The molecule has 1 aromatic carbocycles. The Hall–Kier alpha value is -1.77. The molecule has 0 unspecified atom stereocenters. The molecule has 1 aliphatic heterocycles. The van der Waals surface area contributed by atoms with Gasteiger partial charge in [-0.25, -0.2) is 22.2 Å². The first-order valence-electron chi connectivity index (χ1n) is 7.09. The van der Waals surface area contributed by atoms with Crippen molar-refractivity contribution in [3.05, 3.63) is 42.5 Å². The number of hydrogen-bond acceptors (Lipinski definition) is 4. The van der Waals surface area contributed by atoms with Crippen LogP contribution in [0.25, 0.3) is 5.69 Å². The lowest BCUT2D eigenvalue weighted by Gasteiger charge is -2.23. The van der Waals surface area contributed by atoms with Crippen molar-refractivity contribution in [1.29, 1.82) is 0 Å². The van der Waals surface area contributed by atoms with Gasteiger partial charge in [0.25, 0.3) is 0 Å². The van der Waals surface area contributed by atoms with Crippen LogP contribution < -0.4 is 10.0 Å². The zero-order valence-electron chi connectivity index (χ0n) is 11.9. The Bertz CT molecular complexity index is 754. The van der Waals surface area contributed by atoms with Crippen LogP contribution in [0.4, 0.5) is 4.39 Å². The summed E-state index contributed by atoms with van der Waals surface area (Å²) in [6.07, 6.45) is 4.05. The summed E-state index contributed by atoms with van der Waals surface area (Å²) in [5, 5.41) is 7.13. The lowest BCUT2D eigenvalue weighted by Crippen LogP contribution is -2.42. The minimum atomic E-state index is -3.64. The predicted octanol–water partition coefficient (Wildman–Crippen LogP) is 1.04. The van der Waals surface area contributed by atoms with Gasteiger partial charge in [0, 0.05) is 6.04 Å². The molecule has 0 saturated carbocycles. The smallest absolute Gasteiger partial charge is 0.243 e. The van der Waals surface area contributed by atoms with E-state index in [0.29, 0.717) is 0 Å². The molecule has 2 N–H and O–H groups in total. The minimum absolute atomic E-state index is 0.0364. The maximum absolute atomic E-state index is 13.7. The van der Waals surface area contributed by atoms with Crippen LogP contribution in [-0.4, -0.2) is 37.3 Å². The Kier molecular flexibility index (Phi) is 4.23. The molecule has 0 atom stereocenters. The van der Waals surface area contributed by atoms with Gasteiger partial charge in [0.2, 0.25) is 10.0 Å². The molecule has 1 aromatic heterocycles. The Morgan fingerprint density at radius 2 is 2.00 bits per heavy atom. The molecule has 3 rings (SSSR count). The van der Waals surface area contributed by atoms with E-state index in [1.54, 1.807) is 18.2 Å². The first kappa shape index (κ1) is 15.1. The molecule has 1 aliphatic rings. The van der Waals surface area contributed by atoms with Crippen molar-refractivity contribution in [3.63, 3.8) is 0 Å². The number of halogens is 1. The summed E-state index contributed by atoms with van der Waals surface area (Å²) in [7, 11) is -3.64. The summed E-state index contributed by atoms with van der Waals surface area (Å²) in [5.74, 6) is -0.458. The average Bonchev–Trinajstić information content (AvgIpc) is 2.99. The Morgan fingerprint density at radius 1 is 1.27 bits per heavy atom. The van der Waals surface area contributed by atoms with Gasteiger partial charge in [-0.15, -0.1) is 0 Å². The van der Waals surface area contributed by atoms with Crippen LogP contribution in [-0.2, 0) is 10.0 Å². The molecule has 118 valence electrons. The molecule has 0 bridgehead atoms. The summed E-state index contributed by atoms with van der Waals surface area (Å²) < 4.78 is 42.3. The number of sulfonamides is 1. The van der Waals surface area contributed by atoms with Gasteiger partial charge < -0.3 is 5.32 Å². The van der Waals surface area contributed by atoms with Crippen LogP contribution in [0.3, 0.4) is 0 Å². The quantitative estimate of drug-likeness (QED) is 0.881. The van der Waals surface area contributed by atoms with Crippen molar-refractivity contribution < 1.29 is 12.8 Å². The number of hydrogen-bond donors (Lipinski definition) is 2. The van der Waals surface area contributed by atoms with Gasteiger partial charge in [-0.2, -0.15) is 5.10 Å². The van der Waals surface area contributed by atoms with Gasteiger partial charge >= 0.3 is 0 Å². The predicted molar refractivity (Wildman–Crippen MR) is 79.7 cm³/mol. The van der Waals surface area contributed by atoms with Crippen molar-refractivity contribution in [2.24, 2.45) is 0 Å². The molecular formula is C14H17FN4O2S. The number of nitrogens with zero attached hydrogens (tertiary/aromatic N) is 2. The largest absolute Gasteiger partial charge is 0.317 e. The lowest BCUT2D eigenvalue weighted by molar-refractivity contribution is 0.427. The van der Waals surface area contributed by atoms with Crippen LogP contribution in [0.1, 0.15) is 12.8 Å². The van der Waals surface area contributed by atoms with Gasteiger partial charge in [-0.05, 0) is 38.1 Å². The van der Waals surface area contributed by atoms with Crippen molar-refractivity contribution >= 4 is 10.0 Å². The van der Waals surface area contributed by atoms with Gasteiger partial charge in [0.05, 0.1) is 12.4 Å². The molecule has 0 aliphatic carbocycles. The molecule has 22 heavy (non-hydrogen) atoms. The maximum atomic E-state index is 13.7. The molecular weight excluding hydrogens is 307 g/mol. The van der Waals surface area contributed by atoms with Gasteiger partial charge in [0.1, 0.15) is 16.4 Å². The summed E-state index contributed by atoms with van der Waals surface area (Å²) >= 11 is 0. The third-order valence-corrected chi connectivity index (χ3v) is 5.10. The molecule has 0 spiro atoms. The second kappa shape index (κ2) is 6.15. The number of aromatic nitrogens is 2. The summed E-state index contributed by atoms with van der Waals surface area (Å²) in [6.45, 7) is 1.59. The Balaban J connectivity index is 1.82. The van der Waals surface area contributed by atoms with Crippen LogP contribution >= 0.6 is 0 Å². The second-order valence-corrected chi connectivity index (χ2v) is 6.93. The third-order valence-electron chi connectivity index (χ3n) is 3.63. The average molecular weight is 324 g/mol. The molecule has 2 heterocycles. The first-order valence-corrected chi connectivity index (χ1v) is 8.57. The number of piperidine rings is 1. The fourth-order valence-corrected chi connectivity index (χ4v) is 3.68.